The Balaban J connectivity index is 1.76. The summed E-state index contributed by atoms with van der Waals surface area (Å²) in [4.78, 5) is 26.2. The second-order valence-corrected chi connectivity index (χ2v) is 8.29. The molecule has 8 nitrogen and oxygen atoms in total. The van der Waals surface area contributed by atoms with Gasteiger partial charge in [0.15, 0.2) is 17.3 Å². The number of carbonyl (C=O) groups excluding carboxylic acids is 2. The van der Waals surface area contributed by atoms with E-state index < -0.39 is 5.92 Å². The molecule has 2 aromatic carbocycles. The summed E-state index contributed by atoms with van der Waals surface area (Å²) >= 11 is 0. The van der Waals surface area contributed by atoms with Crippen molar-refractivity contribution in [2.24, 2.45) is 0 Å². The zero-order valence-corrected chi connectivity index (χ0v) is 20.0. The first-order valence-electron chi connectivity index (χ1n) is 11.0. The molecule has 0 radical (unpaired) electrons. The van der Waals surface area contributed by atoms with Gasteiger partial charge in [-0.2, -0.15) is 0 Å². The molecule has 1 heterocycles. The second kappa shape index (κ2) is 9.67. The number of ketones is 1. The fourth-order valence-corrected chi connectivity index (χ4v) is 4.91. The minimum Gasteiger partial charge on any atom is -0.497 e. The summed E-state index contributed by atoms with van der Waals surface area (Å²) in [5, 5.41) is 2.95. The van der Waals surface area contributed by atoms with E-state index in [1.165, 1.54) is 0 Å². The van der Waals surface area contributed by atoms with Crippen molar-refractivity contribution in [1.82, 2.24) is 5.32 Å². The normalized spacial score (nSPS) is 19.8. The van der Waals surface area contributed by atoms with E-state index in [-0.39, 0.29) is 24.0 Å². The first-order chi connectivity index (χ1) is 16.4. The van der Waals surface area contributed by atoms with Crippen LogP contribution in [0.5, 0.6) is 28.7 Å². The molecular weight excluding hydrogens is 438 g/mol. The second-order valence-electron chi connectivity index (χ2n) is 8.29. The molecule has 2 unspecified atom stereocenters. The van der Waals surface area contributed by atoms with Crippen molar-refractivity contribution >= 4 is 11.7 Å². The zero-order chi connectivity index (χ0) is 24.4. The maximum absolute atomic E-state index is 13.5. The molecule has 2 aromatic rings. The topological polar surface area (TPSA) is 92.3 Å². The molecule has 1 aliphatic heterocycles. The summed E-state index contributed by atoms with van der Waals surface area (Å²) in [7, 11) is 7.82. The molecule has 0 spiro atoms. The van der Waals surface area contributed by atoms with Crippen molar-refractivity contribution in [3.63, 3.8) is 0 Å². The fourth-order valence-electron chi connectivity index (χ4n) is 4.91. The molecule has 0 saturated carbocycles. The molecule has 34 heavy (non-hydrogen) atoms. The highest BCUT2D eigenvalue weighted by molar-refractivity contribution is 6.02. The van der Waals surface area contributed by atoms with Gasteiger partial charge in [-0.3, -0.25) is 9.59 Å². The molecule has 1 N–H and O–H groups in total. The number of hydrogen-bond acceptors (Lipinski definition) is 7. The first kappa shape index (κ1) is 23.5. The number of benzene rings is 2. The average Bonchev–Trinajstić information content (AvgIpc) is 2.86. The Hall–Kier alpha value is -3.68. The summed E-state index contributed by atoms with van der Waals surface area (Å²) < 4.78 is 27.3. The lowest BCUT2D eigenvalue weighted by Crippen LogP contribution is -2.38. The first-order valence-corrected chi connectivity index (χ1v) is 11.0. The Morgan fingerprint density at radius 3 is 2.03 bits per heavy atom. The smallest absolute Gasteiger partial charge is 0.225 e. The van der Waals surface area contributed by atoms with Crippen LogP contribution < -0.4 is 29.0 Å². The summed E-state index contributed by atoms with van der Waals surface area (Å²) in [5.41, 5.74) is 2.93. The number of rotatable bonds is 7. The minimum atomic E-state index is -0.401. The number of amides is 1. The van der Waals surface area contributed by atoms with Gasteiger partial charge >= 0.3 is 0 Å². The van der Waals surface area contributed by atoms with E-state index >= 15 is 0 Å². The van der Waals surface area contributed by atoms with Crippen LogP contribution in [0.1, 0.15) is 42.2 Å². The van der Waals surface area contributed by atoms with E-state index in [0.29, 0.717) is 52.9 Å². The Morgan fingerprint density at radius 1 is 0.765 bits per heavy atom. The van der Waals surface area contributed by atoms with Crippen molar-refractivity contribution in [3.8, 4) is 28.7 Å². The summed E-state index contributed by atoms with van der Waals surface area (Å²) in [5.74, 6) is 2.11. The third kappa shape index (κ3) is 4.16. The number of hydrogen-bond donors (Lipinski definition) is 1. The van der Waals surface area contributed by atoms with E-state index in [9.17, 15) is 9.59 Å². The highest BCUT2D eigenvalue weighted by Crippen LogP contribution is 2.47. The predicted molar refractivity (Wildman–Crippen MR) is 125 cm³/mol. The molecule has 2 atom stereocenters. The van der Waals surface area contributed by atoms with Crippen LogP contribution in [0.15, 0.2) is 41.6 Å². The van der Waals surface area contributed by atoms with E-state index in [2.05, 4.69) is 5.32 Å². The van der Waals surface area contributed by atoms with Crippen LogP contribution in [0.4, 0.5) is 0 Å². The van der Waals surface area contributed by atoms with Gasteiger partial charge < -0.3 is 29.0 Å². The van der Waals surface area contributed by atoms with Crippen LogP contribution in [-0.4, -0.2) is 47.2 Å². The SMILES string of the molecule is COc1ccc(OC)c(C2CC(=O)NC3=C2C(=O)CC(c2cc(OC)c(OC)c(OC)c2)C3)c1. The number of Topliss-reactive ketones (excluding diaryl/α,β-unsaturated/α-hetero) is 1. The molecule has 8 heteroatoms. The van der Waals surface area contributed by atoms with E-state index in [1.54, 1.807) is 47.7 Å². The van der Waals surface area contributed by atoms with Gasteiger partial charge in [-0.05, 0) is 48.2 Å². The van der Waals surface area contributed by atoms with Crippen LogP contribution in [0.3, 0.4) is 0 Å². The van der Waals surface area contributed by atoms with Crippen molar-refractivity contribution in [1.29, 1.82) is 0 Å². The zero-order valence-electron chi connectivity index (χ0n) is 20.0. The number of ether oxygens (including phenoxy) is 5. The number of carbonyl (C=O) groups is 2. The number of allylic oxidation sites excluding steroid dienone is 2. The lowest BCUT2D eigenvalue weighted by atomic mass is 9.73. The van der Waals surface area contributed by atoms with Gasteiger partial charge in [0.2, 0.25) is 11.7 Å². The standard InChI is InChI=1S/C26H29NO7/c1-30-16-6-7-21(31-2)17(12-16)18-13-24(29)27-19-8-14(9-20(28)25(18)19)15-10-22(32-3)26(34-5)23(11-15)33-4/h6-7,10-12,14,18H,8-9,13H2,1-5H3,(H,27,29). The van der Waals surface area contributed by atoms with Gasteiger partial charge in [0.1, 0.15) is 11.5 Å². The molecule has 0 fully saturated rings. The van der Waals surface area contributed by atoms with Crippen molar-refractivity contribution in [2.75, 3.05) is 35.5 Å². The Labute approximate surface area is 198 Å². The average molecular weight is 468 g/mol. The maximum atomic E-state index is 13.5. The number of methoxy groups -OCH3 is 5. The Bertz CT molecular complexity index is 1130. The van der Waals surface area contributed by atoms with E-state index in [0.717, 1.165) is 11.1 Å². The van der Waals surface area contributed by atoms with Gasteiger partial charge in [0.25, 0.3) is 0 Å². The van der Waals surface area contributed by atoms with Crippen LogP contribution in [0, 0.1) is 0 Å². The minimum absolute atomic E-state index is 0.00475. The molecule has 0 aromatic heterocycles. The third-order valence-electron chi connectivity index (χ3n) is 6.51. The van der Waals surface area contributed by atoms with E-state index in [1.807, 2.05) is 18.2 Å². The van der Waals surface area contributed by atoms with Gasteiger partial charge in [0.05, 0.1) is 35.5 Å². The summed E-state index contributed by atoms with van der Waals surface area (Å²) in [6.07, 6.45) is 0.979. The maximum Gasteiger partial charge on any atom is 0.225 e. The quantitative estimate of drug-likeness (QED) is 0.663. The van der Waals surface area contributed by atoms with Gasteiger partial charge in [-0.25, -0.2) is 0 Å². The van der Waals surface area contributed by atoms with Crippen LogP contribution in [0.2, 0.25) is 0 Å². The van der Waals surface area contributed by atoms with Crippen molar-refractivity contribution < 1.29 is 33.3 Å². The number of nitrogens with one attached hydrogen (secondary N) is 1. The van der Waals surface area contributed by atoms with Gasteiger partial charge in [-0.15, -0.1) is 0 Å². The van der Waals surface area contributed by atoms with Crippen molar-refractivity contribution in [3.05, 3.63) is 52.7 Å². The molecule has 2 aliphatic rings. The Kier molecular flexibility index (Phi) is 6.68. The van der Waals surface area contributed by atoms with Gasteiger partial charge in [0, 0.05) is 35.6 Å². The molecular formula is C26H29NO7. The molecule has 0 bridgehead atoms. The van der Waals surface area contributed by atoms with Gasteiger partial charge in [-0.1, -0.05) is 0 Å². The fraction of sp³-hybridized carbons (Fsp3) is 0.385. The molecule has 4 rings (SSSR count). The highest BCUT2D eigenvalue weighted by atomic mass is 16.5. The summed E-state index contributed by atoms with van der Waals surface area (Å²) in [6.45, 7) is 0. The van der Waals surface area contributed by atoms with Crippen LogP contribution >= 0.6 is 0 Å². The highest BCUT2D eigenvalue weighted by Gasteiger charge is 2.39. The predicted octanol–water partition coefficient (Wildman–Crippen LogP) is 3.73. The summed E-state index contributed by atoms with van der Waals surface area (Å²) in [6, 6.07) is 9.15. The molecule has 1 amide bonds. The molecule has 0 saturated heterocycles. The monoisotopic (exact) mass is 467 g/mol. The van der Waals surface area contributed by atoms with E-state index in [4.69, 9.17) is 23.7 Å². The van der Waals surface area contributed by atoms with Crippen molar-refractivity contribution in [2.45, 2.75) is 31.1 Å². The van der Waals surface area contributed by atoms with Crippen LogP contribution in [-0.2, 0) is 9.59 Å². The lowest BCUT2D eigenvalue weighted by molar-refractivity contribution is -0.122. The van der Waals surface area contributed by atoms with Crippen LogP contribution in [0.25, 0.3) is 0 Å². The molecule has 180 valence electrons. The Morgan fingerprint density at radius 2 is 1.44 bits per heavy atom. The largest absolute Gasteiger partial charge is 0.497 e. The molecule has 1 aliphatic carbocycles. The lowest BCUT2D eigenvalue weighted by Gasteiger charge is -2.35. The third-order valence-corrected chi connectivity index (χ3v) is 6.51.